The van der Waals surface area contributed by atoms with Gasteiger partial charge in [-0.2, -0.15) is 0 Å². The predicted molar refractivity (Wildman–Crippen MR) is 184 cm³/mol. The zero-order valence-electron chi connectivity index (χ0n) is 24.5. The van der Waals surface area contributed by atoms with E-state index in [4.69, 9.17) is 4.42 Å². The lowest BCUT2D eigenvalue weighted by Crippen LogP contribution is -2.13. The first-order valence-electron chi connectivity index (χ1n) is 14.9. The number of fused-ring (bicyclic) bond motifs is 8. The molecule has 0 radical (unpaired) electrons. The van der Waals surface area contributed by atoms with Gasteiger partial charge >= 0.3 is 0 Å². The fourth-order valence-electron chi connectivity index (χ4n) is 6.23. The lowest BCUT2D eigenvalue weighted by atomic mass is 9.95. The Morgan fingerprint density at radius 1 is 0.568 bits per heavy atom. The molecule has 0 fully saturated rings. The van der Waals surface area contributed by atoms with Crippen molar-refractivity contribution in [2.24, 2.45) is 0 Å². The second kappa shape index (κ2) is 10.6. The minimum atomic E-state index is -0.0174. The molecular weight excluding hydrogens is 559 g/mol. The highest BCUT2D eigenvalue weighted by atomic mass is 32.2. The Morgan fingerprint density at radius 3 is 1.95 bits per heavy atom. The normalized spacial score (nSPS) is 12.5. The second-order valence-corrected chi connectivity index (χ2v) is 12.6. The van der Waals surface area contributed by atoms with Crippen LogP contribution in [0.15, 0.2) is 152 Å². The predicted octanol–water partition coefficient (Wildman–Crippen LogP) is 11.3. The summed E-state index contributed by atoms with van der Waals surface area (Å²) in [6, 6.07) is 46.1. The molecule has 2 heterocycles. The SMILES string of the molecule is CC(C)c1ccc2c(c1)-c1ccccc1N(c1ccc3c(=O)c4ccccc4oc3c1)c1ccccc1-c1ccccc1S2. The van der Waals surface area contributed by atoms with Crippen LogP contribution in [0.25, 0.3) is 44.2 Å². The van der Waals surface area contributed by atoms with Gasteiger partial charge in [0.15, 0.2) is 0 Å². The number of anilines is 3. The Bertz CT molecular complexity index is 2280. The summed E-state index contributed by atoms with van der Waals surface area (Å²) in [7, 11) is 0. The first kappa shape index (κ1) is 26.6. The van der Waals surface area contributed by atoms with E-state index < -0.39 is 0 Å². The molecular formula is C40H29NO2S. The summed E-state index contributed by atoms with van der Waals surface area (Å²) >= 11 is 1.82. The smallest absolute Gasteiger partial charge is 0.200 e. The fourth-order valence-corrected chi connectivity index (χ4v) is 7.32. The molecule has 0 saturated heterocycles. The summed E-state index contributed by atoms with van der Waals surface area (Å²) in [6.45, 7) is 4.48. The van der Waals surface area contributed by atoms with Gasteiger partial charge in [0, 0.05) is 32.7 Å². The fraction of sp³-hybridized carbons (Fsp3) is 0.0750. The van der Waals surface area contributed by atoms with E-state index in [1.807, 2.05) is 54.2 Å². The van der Waals surface area contributed by atoms with Crippen LogP contribution in [-0.2, 0) is 0 Å². The minimum absolute atomic E-state index is 0.0174. The molecule has 0 aliphatic carbocycles. The minimum Gasteiger partial charge on any atom is -0.456 e. The van der Waals surface area contributed by atoms with E-state index in [9.17, 15) is 4.79 Å². The Hall–Kier alpha value is -5.06. The van der Waals surface area contributed by atoms with Gasteiger partial charge in [-0.25, -0.2) is 0 Å². The molecule has 3 nitrogen and oxygen atoms in total. The van der Waals surface area contributed by atoms with Crippen LogP contribution in [0, 0.1) is 0 Å². The zero-order chi connectivity index (χ0) is 29.8. The number of rotatable bonds is 2. The number of hydrogen-bond donors (Lipinski definition) is 0. The van der Waals surface area contributed by atoms with Crippen LogP contribution in [0.5, 0.6) is 0 Å². The van der Waals surface area contributed by atoms with E-state index in [0.717, 1.165) is 28.2 Å². The van der Waals surface area contributed by atoms with Crippen molar-refractivity contribution in [2.45, 2.75) is 29.6 Å². The lowest BCUT2D eigenvalue weighted by Gasteiger charge is -2.31. The monoisotopic (exact) mass is 587 g/mol. The third-order valence-electron chi connectivity index (χ3n) is 8.47. The van der Waals surface area contributed by atoms with Crippen LogP contribution < -0.4 is 10.3 Å². The van der Waals surface area contributed by atoms with Crippen LogP contribution in [0.1, 0.15) is 25.3 Å². The van der Waals surface area contributed by atoms with Crippen molar-refractivity contribution in [3.8, 4) is 22.3 Å². The van der Waals surface area contributed by atoms with Crippen LogP contribution in [0.2, 0.25) is 0 Å². The van der Waals surface area contributed by atoms with Crippen molar-refractivity contribution in [1.82, 2.24) is 0 Å². The summed E-state index contributed by atoms with van der Waals surface area (Å²) < 4.78 is 6.36. The van der Waals surface area contributed by atoms with Crippen LogP contribution in [-0.4, -0.2) is 0 Å². The molecule has 0 N–H and O–H groups in total. The van der Waals surface area contributed by atoms with Gasteiger partial charge in [0.25, 0.3) is 0 Å². The van der Waals surface area contributed by atoms with Crippen molar-refractivity contribution < 1.29 is 4.42 Å². The highest BCUT2D eigenvalue weighted by Crippen LogP contribution is 2.51. The van der Waals surface area contributed by atoms with E-state index in [-0.39, 0.29) is 5.43 Å². The quantitative estimate of drug-likeness (QED) is 0.188. The van der Waals surface area contributed by atoms with Gasteiger partial charge in [0.1, 0.15) is 11.2 Å². The third kappa shape index (κ3) is 4.33. The lowest BCUT2D eigenvalue weighted by molar-refractivity contribution is 0.660. The molecule has 0 saturated carbocycles. The van der Waals surface area contributed by atoms with Gasteiger partial charge in [-0.1, -0.05) is 98.4 Å². The zero-order valence-corrected chi connectivity index (χ0v) is 25.3. The van der Waals surface area contributed by atoms with Crippen molar-refractivity contribution >= 4 is 50.8 Å². The van der Waals surface area contributed by atoms with E-state index in [1.54, 1.807) is 0 Å². The van der Waals surface area contributed by atoms with Crippen LogP contribution in [0.4, 0.5) is 17.1 Å². The third-order valence-corrected chi connectivity index (χ3v) is 9.62. The van der Waals surface area contributed by atoms with E-state index in [0.29, 0.717) is 27.9 Å². The van der Waals surface area contributed by atoms with Gasteiger partial charge in [-0.05, 0) is 77.2 Å². The first-order chi connectivity index (χ1) is 21.6. The molecule has 0 atom stereocenters. The molecule has 0 spiro atoms. The average Bonchev–Trinajstić information content (AvgIpc) is 3.06. The van der Waals surface area contributed by atoms with Gasteiger partial charge < -0.3 is 9.32 Å². The molecule has 0 amide bonds. The molecule has 212 valence electrons. The molecule has 6 aromatic carbocycles. The molecule has 7 aromatic rings. The molecule has 4 heteroatoms. The summed E-state index contributed by atoms with van der Waals surface area (Å²) in [5.41, 5.74) is 10.1. The average molecular weight is 588 g/mol. The highest BCUT2D eigenvalue weighted by Gasteiger charge is 2.25. The van der Waals surface area contributed by atoms with Gasteiger partial charge in [0.2, 0.25) is 5.43 Å². The maximum atomic E-state index is 13.4. The summed E-state index contributed by atoms with van der Waals surface area (Å²) in [6.07, 6.45) is 0. The number of hydrogen-bond acceptors (Lipinski definition) is 4. The Kier molecular flexibility index (Phi) is 6.39. The van der Waals surface area contributed by atoms with E-state index >= 15 is 0 Å². The topological polar surface area (TPSA) is 33.5 Å². The summed E-state index contributed by atoms with van der Waals surface area (Å²) in [5, 5.41) is 1.16. The molecule has 1 aliphatic heterocycles. The van der Waals surface area contributed by atoms with Crippen molar-refractivity contribution in [3.63, 3.8) is 0 Å². The van der Waals surface area contributed by atoms with E-state index in [2.05, 4.69) is 110 Å². The van der Waals surface area contributed by atoms with Gasteiger partial charge in [0.05, 0.1) is 22.1 Å². The summed E-state index contributed by atoms with van der Waals surface area (Å²) in [5.74, 6) is 0.398. The molecule has 0 bridgehead atoms. The first-order valence-corrected chi connectivity index (χ1v) is 15.7. The highest BCUT2D eigenvalue weighted by molar-refractivity contribution is 7.99. The van der Waals surface area contributed by atoms with Gasteiger partial charge in [-0.15, -0.1) is 0 Å². The largest absolute Gasteiger partial charge is 0.456 e. The van der Waals surface area contributed by atoms with E-state index in [1.165, 1.54) is 26.5 Å². The Labute approximate surface area is 260 Å². The molecule has 44 heavy (non-hydrogen) atoms. The molecule has 0 unspecified atom stereocenters. The standard InChI is InChI=1S/C40H29NO2S/c1-25(2)26-19-22-39-33(23-26)29-12-4-8-16-35(29)41(34-15-7-3-11-28(34)30-13-6-10-18-38(30)44-39)27-20-21-32-37(24-27)43-36-17-9-5-14-31(36)40(32)42/h3-25H,1-2H3. The van der Waals surface area contributed by atoms with Gasteiger partial charge in [-0.3, -0.25) is 4.79 Å². The maximum absolute atomic E-state index is 13.4. The number of para-hydroxylation sites is 3. The maximum Gasteiger partial charge on any atom is 0.200 e. The van der Waals surface area contributed by atoms with Crippen molar-refractivity contribution in [3.05, 3.63) is 149 Å². The molecule has 1 aliphatic rings. The summed E-state index contributed by atoms with van der Waals surface area (Å²) in [4.78, 5) is 18.2. The number of benzene rings is 6. The molecule has 1 aromatic heterocycles. The van der Waals surface area contributed by atoms with Crippen LogP contribution in [0.3, 0.4) is 0 Å². The number of nitrogens with zero attached hydrogens (tertiary/aromatic N) is 1. The van der Waals surface area contributed by atoms with Crippen LogP contribution >= 0.6 is 11.8 Å². The van der Waals surface area contributed by atoms with Crippen molar-refractivity contribution in [1.29, 1.82) is 0 Å². The Morgan fingerprint density at radius 2 is 1.18 bits per heavy atom. The van der Waals surface area contributed by atoms with Crippen molar-refractivity contribution in [2.75, 3.05) is 4.90 Å². The second-order valence-electron chi connectivity index (χ2n) is 11.5. The Balaban J connectivity index is 1.47. The molecule has 8 rings (SSSR count).